The second kappa shape index (κ2) is 5.80. The highest BCUT2D eigenvalue weighted by atomic mass is 35.5. The molecule has 6 heteroatoms. The van der Waals surface area contributed by atoms with Crippen LogP contribution in [-0.4, -0.2) is 34.1 Å². The van der Waals surface area contributed by atoms with Crippen LogP contribution >= 0.6 is 11.6 Å². The first-order valence-corrected chi connectivity index (χ1v) is 7.75. The number of rotatable bonds is 5. The Labute approximate surface area is 113 Å². The summed E-state index contributed by atoms with van der Waals surface area (Å²) in [6, 6.07) is 5.14. The zero-order valence-electron chi connectivity index (χ0n) is 10.8. The van der Waals surface area contributed by atoms with Crippen LogP contribution in [0.25, 0.3) is 0 Å². The number of ether oxygens (including phenoxy) is 2. The first-order valence-electron chi connectivity index (χ1n) is 5.36. The Hall–Kier alpha value is -0.940. The third-order valence-electron chi connectivity index (χ3n) is 2.81. The molecule has 0 aliphatic heterocycles. The van der Waals surface area contributed by atoms with Gasteiger partial charge in [-0.25, -0.2) is 8.42 Å². The van der Waals surface area contributed by atoms with E-state index in [2.05, 4.69) is 0 Å². The van der Waals surface area contributed by atoms with Crippen molar-refractivity contribution in [1.82, 2.24) is 0 Å². The van der Waals surface area contributed by atoms with Gasteiger partial charge >= 0.3 is 0 Å². The van der Waals surface area contributed by atoms with Crippen molar-refractivity contribution in [1.29, 1.82) is 0 Å². The minimum atomic E-state index is -3.19. The summed E-state index contributed by atoms with van der Waals surface area (Å²) in [7, 11) is -0.134. The standard InChI is InChI=1S/C12H17ClO4S/c1-8(18(4,14)15)12(13)9-5-6-10(16-2)11(7-9)17-3/h5-8,12H,1-4H3. The molecule has 0 fully saturated rings. The van der Waals surface area contributed by atoms with E-state index >= 15 is 0 Å². The van der Waals surface area contributed by atoms with Gasteiger partial charge in [0, 0.05) is 6.26 Å². The van der Waals surface area contributed by atoms with Gasteiger partial charge in [-0.1, -0.05) is 6.07 Å². The van der Waals surface area contributed by atoms with Crippen LogP contribution in [0, 0.1) is 0 Å². The molecular formula is C12H17ClO4S. The fourth-order valence-corrected chi connectivity index (χ4v) is 2.80. The molecule has 0 amide bonds. The summed E-state index contributed by atoms with van der Waals surface area (Å²) in [6.07, 6.45) is 1.17. The lowest BCUT2D eigenvalue weighted by molar-refractivity contribution is 0.354. The van der Waals surface area contributed by atoms with E-state index in [0.29, 0.717) is 17.1 Å². The molecule has 1 aromatic rings. The lowest BCUT2D eigenvalue weighted by atomic mass is 10.1. The second-order valence-corrected chi connectivity index (χ2v) is 6.92. The molecule has 0 bridgehead atoms. The van der Waals surface area contributed by atoms with Crippen LogP contribution in [0.3, 0.4) is 0 Å². The molecular weight excluding hydrogens is 276 g/mol. The normalized spacial score (nSPS) is 14.9. The smallest absolute Gasteiger partial charge is 0.161 e. The van der Waals surface area contributed by atoms with Gasteiger partial charge in [0.2, 0.25) is 0 Å². The molecule has 0 radical (unpaired) electrons. The minimum absolute atomic E-state index is 0.529. The third kappa shape index (κ3) is 3.29. The molecule has 102 valence electrons. The number of benzene rings is 1. The van der Waals surface area contributed by atoms with Crippen molar-refractivity contribution in [2.45, 2.75) is 17.6 Å². The van der Waals surface area contributed by atoms with Crippen LogP contribution in [0.5, 0.6) is 11.5 Å². The summed E-state index contributed by atoms with van der Waals surface area (Å²) in [4.78, 5) is 0. The molecule has 1 rings (SSSR count). The molecule has 1 aromatic carbocycles. The van der Waals surface area contributed by atoms with Crippen molar-refractivity contribution in [3.8, 4) is 11.5 Å². The molecule has 18 heavy (non-hydrogen) atoms. The van der Waals surface area contributed by atoms with E-state index in [1.165, 1.54) is 20.5 Å². The van der Waals surface area contributed by atoms with E-state index in [1.807, 2.05) is 0 Å². The quantitative estimate of drug-likeness (QED) is 0.782. The SMILES string of the molecule is COc1ccc(C(Cl)C(C)S(C)(=O)=O)cc1OC. The fourth-order valence-electron chi connectivity index (χ4n) is 1.51. The highest BCUT2D eigenvalue weighted by Crippen LogP contribution is 2.34. The number of methoxy groups -OCH3 is 2. The Morgan fingerprint density at radius 2 is 1.72 bits per heavy atom. The van der Waals surface area contributed by atoms with E-state index < -0.39 is 20.5 Å². The van der Waals surface area contributed by atoms with E-state index in [-0.39, 0.29) is 0 Å². The third-order valence-corrected chi connectivity index (χ3v) is 5.22. The molecule has 4 nitrogen and oxygen atoms in total. The highest BCUT2D eigenvalue weighted by Gasteiger charge is 2.26. The fraction of sp³-hybridized carbons (Fsp3) is 0.500. The summed E-state index contributed by atoms with van der Waals surface area (Å²) >= 11 is 6.19. The molecule has 0 aliphatic rings. The largest absolute Gasteiger partial charge is 0.493 e. The molecule has 0 N–H and O–H groups in total. The molecule has 2 unspecified atom stereocenters. The van der Waals surface area contributed by atoms with Crippen molar-refractivity contribution >= 4 is 21.4 Å². The summed E-state index contributed by atoms with van der Waals surface area (Å²) in [6.45, 7) is 1.59. The van der Waals surface area contributed by atoms with Gasteiger partial charge in [-0.3, -0.25) is 0 Å². The molecule has 0 saturated heterocycles. The molecule has 0 aliphatic carbocycles. The van der Waals surface area contributed by atoms with Gasteiger partial charge in [-0.15, -0.1) is 11.6 Å². The van der Waals surface area contributed by atoms with Crippen molar-refractivity contribution < 1.29 is 17.9 Å². The van der Waals surface area contributed by atoms with E-state index in [4.69, 9.17) is 21.1 Å². The lowest BCUT2D eigenvalue weighted by Gasteiger charge is -2.18. The van der Waals surface area contributed by atoms with Gasteiger partial charge in [0.05, 0.1) is 24.8 Å². The van der Waals surface area contributed by atoms with Crippen LogP contribution in [0.2, 0.25) is 0 Å². The Kier molecular flexibility index (Phi) is 4.87. The molecule has 0 spiro atoms. The van der Waals surface area contributed by atoms with Gasteiger partial charge in [-0.2, -0.15) is 0 Å². The zero-order valence-corrected chi connectivity index (χ0v) is 12.4. The van der Waals surface area contributed by atoms with Crippen LogP contribution < -0.4 is 9.47 Å². The Morgan fingerprint density at radius 3 is 2.17 bits per heavy atom. The zero-order chi connectivity index (χ0) is 13.9. The molecule has 0 aromatic heterocycles. The van der Waals surface area contributed by atoms with Gasteiger partial charge in [-0.05, 0) is 24.6 Å². The number of alkyl halides is 1. The maximum absolute atomic E-state index is 11.5. The molecule has 2 atom stereocenters. The number of sulfone groups is 1. The van der Waals surface area contributed by atoms with Gasteiger partial charge in [0.15, 0.2) is 21.3 Å². The van der Waals surface area contributed by atoms with Crippen molar-refractivity contribution in [3.05, 3.63) is 23.8 Å². The van der Waals surface area contributed by atoms with Crippen LogP contribution in [0.1, 0.15) is 17.9 Å². The van der Waals surface area contributed by atoms with Gasteiger partial charge < -0.3 is 9.47 Å². The van der Waals surface area contributed by atoms with Crippen molar-refractivity contribution in [2.24, 2.45) is 0 Å². The monoisotopic (exact) mass is 292 g/mol. The van der Waals surface area contributed by atoms with Gasteiger partial charge in [0.25, 0.3) is 0 Å². The van der Waals surface area contributed by atoms with E-state index in [9.17, 15) is 8.42 Å². The van der Waals surface area contributed by atoms with Crippen molar-refractivity contribution in [3.63, 3.8) is 0 Å². The predicted octanol–water partition coefficient (Wildman–Crippen LogP) is 2.42. The van der Waals surface area contributed by atoms with Crippen LogP contribution in [0.4, 0.5) is 0 Å². The summed E-state index contributed by atoms with van der Waals surface area (Å²) in [5.74, 6) is 1.11. The molecule has 0 saturated carbocycles. The number of hydrogen-bond acceptors (Lipinski definition) is 4. The van der Waals surface area contributed by atoms with Crippen molar-refractivity contribution in [2.75, 3.05) is 20.5 Å². The minimum Gasteiger partial charge on any atom is -0.493 e. The first kappa shape index (κ1) is 15.1. The number of halogens is 1. The second-order valence-electron chi connectivity index (χ2n) is 4.05. The summed E-state index contributed by atoms with van der Waals surface area (Å²) < 4.78 is 33.2. The Morgan fingerprint density at radius 1 is 1.17 bits per heavy atom. The van der Waals surface area contributed by atoms with Crippen LogP contribution in [-0.2, 0) is 9.84 Å². The molecule has 0 heterocycles. The predicted molar refractivity (Wildman–Crippen MR) is 72.4 cm³/mol. The average molecular weight is 293 g/mol. The lowest BCUT2D eigenvalue weighted by Crippen LogP contribution is -2.21. The maximum atomic E-state index is 11.5. The Bertz CT molecular complexity index is 513. The summed E-state index contributed by atoms with van der Waals surface area (Å²) in [5.41, 5.74) is 0.687. The Balaban J connectivity index is 3.11. The topological polar surface area (TPSA) is 52.6 Å². The van der Waals surface area contributed by atoms with Crippen LogP contribution in [0.15, 0.2) is 18.2 Å². The average Bonchev–Trinajstić information content (AvgIpc) is 2.34. The number of hydrogen-bond donors (Lipinski definition) is 0. The van der Waals surface area contributed by atoms with E-state index in [1.54, 1.807) is 25.1 Å². The maximum Gasteiger partial charge on any atom is 0.161 e. The highest BCUT2D eigenvalue weighted by molar-refractivity contribution is 7.91. The van der Waals surface area contributed by atoms with E-state index in [0.717, 1.165) is 0 Å². The summed E-state index contributed by atoms with van der Waals surface area (Å²) in [5, 5.41) is -1.29. The first-order chi connectivity index (χ1) is 8.31. The van der Waals surface area contributed by atoms with Gasteiger partial charge in [0.1, 0.15) is 0 Å².